The van der Waals surface area contributed by atoms with Crippen LogP contribution in [0.1, 0.15) is 26.2 Å². The molecule has 2 N–H and O–H groups in total. The molecular weight excluding hydrogens is 228 g/mol. The van der Waals surface area contributed by atoms with Crippen molar-refractivity contribution in [3.05, 3.63) is 24.3 Å². The van der Waals surface area contributed by atoms with Crippen molar-refractivity contribution in [1.82, 2.24) is 4.90 Å². The lowest BCUT2D eigenvalue weighted by atomic mass is 10.3. The summed E-state index contributed by atoms with van der Waals surface area (Å²) in [6, 6.07) is 7.75. The van der Waals surface area contributed by atoms with Crippen LogP contribution in [0.3, 0.4) is 0 Å². The van der Waals surface area contributed by atoms with Crippen molar-refractivity contribution >= 4 is 11.6 Å². The van der Waals surface area contributed by atoms with Gasteiger partial charge >= 0.3 is 0 Å². The van der Waals surface area contributed by atoms with E-state index < -0.39 is 0 Å². The summed E-state index contributed by atoms with van der Waals surface area (Å²) in [5.74, 6) is 0.904. The number of anilines is 1. The van der Waals surface area contributed by atoms with Gasteiger partial charge in [0.05, 0.1) is 13.0 Å². The van der Waals surface area contributed by atoms with E-state index in [-0.39, 0.29) is 5.91 Å². The molecule has 0 atom stereocenters. The Kier molecular flexibility index (Phi) is 4.07. The Balaban J connectivity index is 1.76. The fourth-order valence-electron chi connectivity index (χ4n) is 2.03. The standard InChI is InChI=1S/C14H20N2O2/c1-2-16(12-6-7-12)14(17)8-9-18-13-5-3-4-11(15)10-13/h3-5,10,12H,2,6-9,15H2,1H3. The number of ether oxygens (including phenoxy) is 1. The van der Waals surface area contributed by atoms with Gasteiger partial charge in [-0.1, -0.05) is 6.07 Å². The molecule has 1 fully saturated rings. The summed E-state index contributed by atoms with van der Waals surface area (Å²) >= 11 is 0. The summed E-state index contributed by atoms with van der Waals surface area (Å²) in [5, 5.41) is 0. The van der Waals surface area contributed by atoms with Crippen molar-refractivity contribution in [3.8, 4) is 5.75 Å². The number of rotatable bonds is 6. The number of nitrogens with two attached hydrogens (primary N) is 1. The third-order valence-electron chi connectivity index (χ3n) is 3.09. The number of carbonyl (C=O) groups is 1. The third kappa shape index (κ3) is 3.39. The van der Waals surface area contributed by atoms with Gasteiger partial charge < -0.3 is 15.4 Å². The van der Waals surface area contributed by atoms with Crippen molar-refractivity contribution in [3.63, 3.8) is 0 Å². The smallest absolute Gasteiger partial charge is 0.226 e. The highest BCUT2D eigenvalue weighted by atomic mass is 16.5. The predicted octanol–water partition coefficient (Wildman–Crippen LogP) is 2.05. The van der Waals surface area contributed by atoms with Crippen LogP contribution in [-0.4, -0.2) is 30.0 Å². The van der Waals surface area contributed by atoms with Crippen molar-refractivity contribution in [2.75, 3.05) is 18.9 Å². The van der Waals surface area contributed by atoms with Gasteiger partial charge in [-0.15, -0.1) is 0 Å². The fourth-order valence-corrected chi connectivity index (χ4v) is 2.03. The van der Waals surface area contributed by atoms with Gasteiger partial charge in [-0.3, -0.25) is 4.79 Å². The molecule has 1 aliphatic rings. The number of amides is 1. The van der Waals surface area contributed by atoms with Crippen LogP contribution in [0.5, 0.6) is 5.75 Å². The first-order valence-corrected chi connectivity index (χ1v) is 6.48. The molecule has 4 heteroatoms. The number of hydrogen-bond acceptors (Lipinski definition) is 3. The molecule has 0 unspecified atom stereocenters. The molecule has 4 nitrogen and oxygen atoms in total. The van der Waals surface area contributed by atoms with Crippen LogP contribution in [0.25, 0.3) is 0 Å². The summed E-state index contributed by atoms with van der Waals surface area (Å²) in [6.07, 6.45) is 2.73. The normalized spacial score (nSPS) is 14.3. The number of carbonyl (C=O) groups excluding carboxylic acids is 1. The van der Waals surface area contributed by atoms with Crippen LogP contribution < -0.4 is 10.5 Å². The van der Waals surface area contributed by atoms with Crippen LogP contribution in [0.15, 0.2) is 24.3 Å². The predicted molar refractivity (Wildman–Crippen MR) is 71.4 cm³/mol. The van der Waals surface area contributed by atoms with Gasteiger partial charge in [0.1, 0.15) is 5.75 Å². The highest BCUT2D eigenvalue weighted by molar-refractivity contribution is 5.77. The Morgan fingerprint density at radius 3 is 2.89 bits per heavy atom. The van der Waals surface area contributed by atoms with Crippen LogP contribution in [-0.2, 0) is 4.79 Å². The summed E-state index contributed by atoms with van der Waals surface area (Å²) in [7, 11) is 0. The lowest BCUT2D eigenvalue weighted by molar-refractivity contribution is -0.132. The molecule has 98 valence electrons. The molecule has 0 bridgehead atoms. The second-order valence-corrected chi connectivity index (χ2v) is 4.58. The average molecular weight is 248 g/mol. The van der Waals surface area contributed by atoms with Gasteiger partial charge in [-0.2, -0.15) is 0 Å². The number of nitrogen functional groups attached to an aromatic ring is 1. The van der Waals surface area contributed by atoms with Gasteiger partial charge in [0.2, 0.25) is 5.91 Å². The monoisotopic (exact) mass is 248 g/mol. The molecular formula is C14H20N2O2. The van der Waals surface area contributed by atoms with Crippen LogP contribution in [0.2, 0.25) is 0 Å². The number of hydrogen-bond donors (Lipinski definition) is 1. The number of nitrogens with zero attached hydrogens (tertiary/aromatic N) is 1. The van der Waals surface area contributed by atoms with Gasteiger partial charge in [-0.25, -0.2) is 0 Å². The molecule has 0 heterocycles. The Hall–Kier alpha value is -1.71. The second-order valence-electron chi connectivity index (χ2n) is 4.58. The maximum Gasteiger partial charge on any atom is 0.226 e. The molecule has 0 aliphatic heterocycles. The zero-order chi connectivity index (χ0) is 13.0. The molecule has 0 saturated heterocycles. The fraction of sp³-hybridized carbons (Fsp3) is 0.500. The molecule has 1 aromatic rings. The Bertz CT molecular complexity index is 416. The largest absolute Gasteiger partial charge is 0.493 e. The Labute approximate surface area is 108 Å². The lowest BCUT2D eigenvalue weighted by Crippen LogP contribution is -2.33. The summed E-state index contributed by atoms with van der Waals surface area (Å²) in [6.45, 7) is 3.22. The minimum Gasteiger partial charge on any atom is -0.493 e. The molecule has 18 heavy (non-hydrogen) atoms. The first-order valence-electron chi connectivity index (χ1n) is 6.48. The zero-order valence-electron chi connectivity index (χ0n) is 10.8. The first-order chi connectivity index (χ1) is 8.70. The minimum atomic E-state index is 0.184. The molecule has 1 aromatic carbocycles. The molecule has 1 aliphatic carbocycles. The van der Waals surface area contributed by atoms with E-state index in [0.29, 0.717) is 24.8 Å². The zero-order valence-corrected chi connectivity index (χ0v) is 10.8. The third-order valence-corrected chi connectivity index (χ3v) is 3.09. The van der Waals surface area contributed by atoms with Gasteiger partial charge in [0.25, 0.3) is 0 Å². The molecule has 1 amide bonds. The van der Waals surface area contributed by atoms with Crippen molar-refractivity contribution in [1.29, 1.82) is 0 Å². The Morgan fingerprint density at radius 1 is 1.50 bits per heavy atom. The second kappa shape index (κ2) is 5.76. The lowest BCUT2D eigenvalue weighted by Gasteiger charge is -2.20. The van der Waals surface area contributed by atoms with Crippen LogP contribution in [0.4, 0.5) is 5.69 Å². The topological polar surface area (TPSA) is 55.6 Å². The van der Waals surface area contributed by atoms with E-state index in [1.807, 2.05) is 30.0 Å². The van der Waals surface area contributed by atoms with Crippen molar-refractivity contribution in [2.24, 2.45) is 0 Å². The molecule has 0 radical (unpaired) electrons. The number of benzene rings is 1. The summed E-state index contributed by atoms with van der Waals surface area (Å²) in [5.41, 5.74) is 6.33. The SMILES string of the molecule is CCN(C(=O)CCOc1cccc(N)c1)C1CC1. The van der Waals surface area contributed by atoms with Gasteiger partial charge in [0, 0.05) is 24.3 Å². The summed E-state index contributed by atoms with van der Waals surface area (Å²) in [4.78, 5) is 13.9. The van der Waals surface area contributed by atoms with Crippen LogP contribution >= 0.6 is 0 Å². The van der Waals surface area contributed by atoms with E-state index in [0.717, 1.165) is 25.1 Å². The quantitative estimate of drug-likeness (QED) is 0.784. The molecule has 1 saturated carbocycles. The molecule has 0 spiro atoms. The van der Waals surface area contributed by atoms with Gasteiger partial charge in [-0.05, 0) is 31.9 Å². The van der Waals surface area contributed by atoms with E-state index in [9.17, 15) is 4.79 Å². The first kappa shape index (κ1) is 12.7. The van der Waals surface area contributed by atoms with Gasteiger partial charge in [0.15, 0.2) is 0 Å². The average Bonchev–Trinajstić information content (AvgIpc) is 3.14. The van der Waals surface area contributed by atoms with Crippen LogP contribution in [0, 0.1) is 0 Å². The molecule has 2 rings (SSSR count). The maximum absolute atomic E-state index is 11.9. The van der Waals surface area contributed by atoms with E-state index in [1.165, 1.54) is 0 Å². The van der Waals surface area contributed by atoms with Crippen molar-refractivity contribution in [2.45, 2.75) is 32.2 Å². The van der Waals surface area contributed by atoms with E-state index in [4.69, 9.17) is 10.5 Å². The minimum absolute atomic E-state index is 0.184. The highest BCUT2D eigenvalue weighted by Gasteiger charge is 2.30. The molecule has 0 aromatic heterocycles. The van der Waals surface area contributed by atoms with E-state index >= 15 is 0 Å². The summed E-state index contributed by atoms with van der Waals surface area (Å²) < 4.78 is 5.52. The Morgan fingerprint density at radius 2 is 2.28 bits per heavy atom. The maximum atomic E-state index is 11.9. The van der Waals surface area contributed by atoms with E-state index in [1.54, 1.807) is 6.07 Å². The van der Waals surface area contributed by atoms with Crippen molar-refractivity contribution < 1.29 is 9.53 Å². The van der Waals surface area contributed by atoms with E-state index in [2.05, 4.69) is 0 Å². The highest BCUT2D eigenvalue weighted by Crippen LogP contribution is 2.27.